The molecule has 1 fully saturated rings. The molecule has 2 heterocycles. The van der Waals surface area contributed by atoms with Gasteiger partial charge in [-0.1, -0.05) is 35.1 Å². The summed E-state index contributed by atoms with van der Waals surface area (Å²) in [6.45, 7) is 0. The highest BCUT2D eigenvalue weighted by atomic mass is 35.5. The topological polar surface area (TPSA) is 191 Å². The summed E-state index contributed by atoms with van der Waals surface area (Å²) in [5.74, 6) is -2.87. The molecule has 1 aromatic heterocycles. The highest BCUT2D eigenvalue weighted by molar-refractivity contribution is 7.93. The summed E-state index contributed by atoms with van der Waals surface area (Å²) in [6.07, 6.45) is 0.958. The van der Waals surface area contributed by atoms with Gasteiger partial charge in [0.05, 0.1) is 32.6 Å². The molecule has 0 radical (unpaired) electrons. The number of aromatic nitrogens is 1. The van der Waals surface area contributed by atoms with E-state index in [1.165, 1.54) is 42.5 Å². The molecule has 0 bridgehead atoms. The van der Waals surface area contributed by atoms with Gasteiger partial charge >= 0.3 is 5.91 Å². The van der Waals surface area contributed by atoms with E-state index < -0.39 is 48.7 Å². The quantitative estimate of drug-likeness (QED) is 0.0952. The largest absolute Gasteiger partial charge is 0.507 e. The lowest BCUT2D eigenvalue weighted by molar-refractivity contribution is -0.385. The number of ketones is 1. The summed E-state index contributed by atoms with van der Waals surface area (Å²) in [6, 6.07) is 13.5. The molecule has 0 aliphatic carbocycles. The second kappa shape index (κ2) is 10.8. The maximum Gasteiger partial charge on any atom is 0.301 e. The molecule has 1 amide bonds. The predicted octanol–water partition coefficient (Wildman–Crippen LogP) is 5.07. The lowest BCUT2D eigenvalue weighted by atomic mass is 9.95. The number of halogens is 1. The Morgan fingerprint density at radius 1 is 0.952 bits per heavy atom. The average molecular weight is 627 g/mol. The fourth-order valence-electron chi connectivity index (χ4n) is 4.27. The minimum atomic E-state index is -4.25. The van der Waals surface area contributed by atoms with E-state index in [1.54, 1.807) is 0 Å². The first-order valence-electron chi connectivity index (χ1n) is 11.7. The van der Waals surface area contributed by atoms with Crippen molar-refractivity contribution < 1.29 is 33.0 Å². The molecule has 0 unspecified atom stereocenters. The molecule has 1 N–H and O–H groups in total. The van der Waals surface area contributed by atoms with Crippen molar-refractivity contribution in [2.24, 2.45) is 0 Å². The van der Waals surface area contributed by atoms with Gasteiger partial charge in [0, 0.05) is 34.9 Å². The van der Waals surface area contributed by atoms with Gasteiger partial charge in [0.2, 0.25) is 9.84 Å². The number of benzene rings is 3. The van der Waals surface area contributed by atoms with Crippen LogP contribution < -0.4 is 4.90 Å². The number of aliphatic hydroxyl groups excluding tert-OH is 1. The van der Waals surface area contributed by atoms with Crippen LogP contribution in [-0.4, -0.2) is 40.0 Å². The van der Waals surface area contributed by atoms with Gasteiger partial charge in [-0.2, -0.15) is 0 Å². The molecule has 0 spiro atoms. The Morgan fingerprint density at radius 2 is 1.60 bits per heavy atom. The van der Waals surface area contributed by atoms with Crippen LogP contribution in [-0.2, 0) is 19.4 Å². The first-order chi connectivity index (χ1) is 19.9. The minimum absolute atomic E-state index is 0.0777. The maximum absolute atomic E-state index is 13.4. The van der Waals surface area contributed by atoms with Crippen LogP contribution in [0.5, 0.6) is 0 Å². The van der Waals surface area contributed by atoms with Crippen LogP contribution in [0.1, 0.15) is 17.2 Å². The normalized spacial score (nSPS) is 16.5. The number of nitro groups is 2. The van der Waals surface area contributed by atoms with Crippen LogP contribution in [0.4, 0.5) is 16.5 Å². The Bertz CT molecular complexity index is 1920. The van der Waals surface area contributed by atoms with Gasteiger partial charge in [0.25, 0.3) is 17.2 Å². The van der Waals surface area contributed by atoms with Crippen LogP contribution in [0.15, 0.2) is 93.7 Å². The van der Waals surface area contributed by atoms with E-state index in [0.717, 1.165) is 41.4 Å². The lowest BCUT2D eigenvalue weighted by Crippen LogP contribution is -2.29. The molecule has 4 aromatic rings. The standard InChI is InChI=1S/C26H15ClN4O9S2/c27-16-6-4-14(5-7-16)23(32)21-22(15-2-1-3-18(12-15)31(37)38)29(25(34)24(21)33)26-28-13-20(41-26)42(39,40)19-10-8-17(9-11-19)30(35)36/h1-13,22,32H/t22-/m1/s1. The van der Waals surface area contributed by atoms with Gasteiger partial charge in [0.1, 0.15) is 9.97 Å². The number of non-ortho nitro benzene ring substituents is 2. The zero-order chi connectivity index (χ0) is 30.3. The highest BCUT2D eigenvalue weighted by Crippen LogP contribution is 2.45. The number of nitro benzene ring substituents is 2. The highest BCUT2D eigenvalue weighted by Gasteiger charge is 2.48. The van der Waals surface area contributed by atoms with Gasteiger partial charge in [0.15, 0.2) is 5.13 Å². The fourth-order valence-corrected chi connectivity index (χ4v) is 6.94. The monoisotopic (exact) mass is 626 g/mol. The fraction of sp³-hybridized carbons (Fsp3) is 0.0385. The van der Waals surface area contributed by atoms with Crippen molar-refractivity contribution in [3.05, 3.63) is 121 Å². The SMILES string of the molecule is O=C1C(=O)N(c2ncc(S(=O)(=O)c3ccc([N+](=O)[O-])cc3)s2)[C@H](c2cccc([N+](=O)[O-])c2)C1=C(O)c1ccc(Cl)cc1. The van der Waals surface area contributed by atoms with E-state index in [0.29, 0.717) is 16.4 Å². The third-order valence-corrected chi connectivity index (χ3v) is 9.74. The van der Waals surface area contributed by atoms with Gasteiger partial charge in [-0.25, -0.2) is 13.4 Å². The number of sulfone groups is 1. The van der Waals surface area contributed by atoms with Crippen molar-refractivity contribution in [2.75, 3.05) is 4.90 Å². The average Bonchev–Trinajstić information content (AvgIpc) is 3.56. The van der Waals surface area contributed by atoms with E-state index >= 15 is 0 Å². The molecular weight excluding hydrogens is 612 g/mol. The maximum atomic E-state index is 13.4. The number of carbonyl (C=O) groups is 2. The summed E-state index contributed by atoms with van der Waals surface area (Å²) in [5, 5.41) is 33.7. The summed E-state index contributed by atoms with van der Waals surface area (Å²) in [7, 11) is -4.25. The lowest BCUT2D eigenvalue weighted by Gasteiger charge is -2.22. The van der Waals surface area contributed by atoms with Crippen molar-refractivity contribution in [3.8, 4) is 0 Å². The van der Waals surface area contributed by atoms with E-state index in [4.69, 9.17) is 11.6 Å². The number of hydrogen-bond acceptors (Lipinski definition) is 11. The van der Waals surface area contributed by atoms with E-state index in [9.17, 15) is 43.3 Å². The number of hydrogen-bond donors (Lipinski definition) is 1. The molecule has 16 heteroatoms. The summed E-state index contributed by atoms with van der Waals surface area (Å²) < 4.78 is 26.1. The number of amides is 1. The number of carbonyl (C=O) groups excluding carboxylic acids is 2. The van der Waals surface area contributed by atoms with Crippen molar-refractivity contribution >= 4 is 66.7 Å². The number of anilines is 1. The molecule has 5 rings (SSSR count). The molecule has 3 aromatic carbocycles. The summed E-state index contributed by atoms with van der Waals surface area (Å²) >= 11 is 6.46. The molecule has 1 aliphatic heterocycles. The van der Waals surface area contributed by atoms with E-state index in [2.05, 4.69) is 4.98 Å². The molecule has 13 nitrogen and oxygen atoms in total. The smallest absolute Gasteiger partial charge is 0.301 e. The molecule has 0 saturated carbocycles. The molecular formula is C26H15ClN4O9S2. The van der Waals surface area contributed by atoms with Crippen LogP contribution in [0, 0.1) is 20.2 Å². The van der Waals surface area contributed by atoms with Crippen LogP contribution in [0.2, 0.25) is 5.02 Å². The molecule has 42 heavy (non-hydrogen) atoms. The Kier molecular flexibility index (Phi) is 7.32. The number of rotatable bonds is 7. The first-order valence-corrected chi connectivity index (χ1v) is 14.3. The minimum Gasteiger partial charge on any atom is -0.507 e. The van der Waals surface area contributed by atoms with Crippen LogP contribution in [0.25, 0.3) is 5.76 Å². The van der Waals surface area contributed by atoms with Crippen LogP contribution >= 0.6 is 22.9 Å². The van der Waals surface area contributed by atoms with Crippen molar-refractivity contribution in [1.82, 2.24) is 4.98 Å². The van der Waals surface area contributed by atoms with E-state index in [-0.39, 0.29) is 36.7 Å². The van der Waals surface area contributed by atoms with Gasteiger partial charge < -0.3 is 5.11 Å². The second-order valence-electron chi connectivity index (χ2n) is 8.74. The molecule has 1 aliphatic rings. The van der Waals surface area contributed by atoms with Gasteiger partial charge in [-0.05, 0) is 42.0 Å². The Balaban J connectivity index is 1.65. The van der Waals surface area contributed by atoms with Crippen molar-refractivity contribution in [1.29, 1.82) is 0 Å². The van der Waals surface area contributed by atoms with Gasteiger partial charge in [-0.3, -0.25) is 34.7 Å². The zero-order valence-electron chi connectivity index (χ0n) is 20.8. The number of Topliss-reactive ketones (excluding diaryl/α,β-unsaturated/α-hetero) is 1. The second-order valence-corrected chi connectivity index (χ2v) is 12.4. The molecule has 212 valence electrons. The predicted molar refractivity (Wildman–Crippen MR) is 150 cm³/mol. The Labute approximate surface area is 245 Å². The van der Waals surface area contributed by atoms with E-state index in [1.807, 2.05) is 0 Å². The number of aliphatic hydroxyl groups is 1. The summed E-state index contributed by atoms with van der Waals surface area (Å²) in [5.41, 5.74) is -0.870. The third kappa shape index (κ3) is 5.00. The molecule has 1 saturated heterocycles. The van der Waals surface area contributed by atoms with Crippen LogP contribution in [0.3, 0.4) is 0 Å². The molecule has 1 atom stereocenters. The van der Waals surface area contributed by atoms with Crippen molar-refractivity contribution in [3.63, 3.8) is 0 Å². The number of nitrogens with zero attached hydrogens (tertiary/aromatic N) is 4. The number of thiazole rings is 1. The third-order valence-electron chi connectivity index (χ3n) is 6.26. The Hall–Kier alpha value is -4.99. The van der Waals surface area contributed by atoms with Gasteiger partial charge in [-0.15, -0.1) is 0 Å². The van der Waals surface area contributed by atoms with Crippen molar-refractivity contribution in [2.45, 2.75) is 15.1 Å². The Morgan fingerprint density at radius 3 is 2.21 bits per heavy atom. The first kappa shape index (κ1) is 28.5. The zero-order valence-corrected chi connectivity index (χ0v) is 23.2. The summed E-state index contributed by atoms with van der Waals surface area (Å²) in [4.78, 5) is 52.4.